The molecule has 1 unspecified atom stereocenters. The molecule has 3 aromatic carbocycles. The molecular weight excluding hydrogens is 439 g/mol. The van der Waals surface area contributed by atoms with Crippen LogP contribution in [0.2, 0.25) is 0 Å². The maximum absolute atomic E-state index is 13.6. The summed E-state index contributed by atoms with van der Waals surface area (Å²) in [7, 11) is -2.92. The Bertz CT molecular complexity index is 1170. The smallest absolute Gasteiger partial charge is 0.245 e. The van der Waals surface area contributed by atoms with E-state index < -0.39 is 27.8 Å². The van der Waals surface area contributed by atoms with Gasteiger partial charge in [0.25, 0.3) is 0 Å². The molecule has 1 atom stereocenters. The molecule has 0 bridgehead atoms. The normalized spacial score (nSPS) is 12.2. The lowest BCUT2D eigenvalue weighted by atomic mass is 10.3. The fourth-order valence-corrected chi connectivity index (χ4v) is 5.03. The van der Waals surface area contributed by atoms with Gasteiger partial charge >= 0.3 is 0 Å². The average molecular weight is 461 g/mol. The number of carbonyl (C=O) groups is 1. The second kappa shape index (κ2) is 9.95. The highest BCUT2D eigenvalue weighted by atomic mass is 32.2. The number of hydrogen-bond acceptors (Lipinski definition) is 5. The molecular formula is C22H21FN2O4S2. The van der Waals surface area contributed by atoms with E-state index in [9.17, 15) is 17.6 Å². The average Bonchev–Trinajstić information content (AvgIpc) is 2.75. The summed E-state index contributed by atoms with van der Waals surface area (Å²) in [6.45, 7) is 1.41. The number of sulfonamides is 1. The highest BCUT2D eigenvalue weighted by Crippen LogP contribution is 2.33. The minimum absolute atomic E-state index is 0.0221. The monoisotopic (exact) mass is 460 g/mol. The van der Waals surface area contributed by atoms with Crippen molar-refractivity contribution in [2.24, 2.45) is 0 Å². The molecule has 9 heteroatoms. The van der Waals surface area contributed by atoms with E-state index in [2.05, 4.69) is 10.0 Å². The van der Waals surface area contributed by atoms with Gasteiger partial charge in [-0.1, -0.05) is 42.1 Å². The van der Waals surface area contributed by atoms with Crippen molar-refractivity contribution in [2.75, 3.05) is 12.4 Å². The topological polar surface area (TPSA) is 84.5 Å². The molecule has 6 nitrogen and oxygen atoms in total. The molecule has 0 radical (unpaired) electrons. The van der Waals surface area contributed by atoms with Gasteiger partial charge in [0, 0.05) is 9.79 Å². The molecule has 0 saturated carbocycles. The predicted molar refractivity (Wildman–Crippen MR) is 118 cm³/mol. The largest absolute Gasteiger partial charge is 0.495 e. The van der Waals surface area contributed by atoms with Gasteiger partial charge in [-0.2, -0.15) is 4.72 Å². The molecule has 0 aliphatic rings. The lowest BCUT2D eigenvalue weighted by molar-refractivity contribution is -0.117. The second-order valence-corrected chi connectivity index (χ2v) is 9.34. The van der Waals surface area contributed by atoms with Gasteiger partial charge in [-0.25, -0.2) is 12.8 Å². The van der Waals surface area contributed by atoms with Crippen molar-refractivity contribution in [2.45, 2.75) is 27.7 Å². The van der Waals surface area contributed by atoms with Gasteiger partial charge in [0.05, 0.1) is 18.8 Å². The summed E-state index contributed by atoms with van der Waals surface area (Å²) < 4.78 is 46.3. The summed E-state index contributed by atoms with van der Waals surface area (Å²) in [5.41, 5.74) is 0.552. The summed E-state index contributed by atoms with van der Waals surface area (Å²) in [6.07, 6.45) is 0. The molecule has 0 heterocycles. The first-order chi connectivity index (χ1) is 14.8. The van der Waals surface area contributed by atoms with Crippen LogP contribution in [0.4, 0.5) is 10.1 Å². The summed E-state index contributed by atoms with van der Waals surface area (Å²) in [5.74, 6) is -1.31. The van der Waals surface area contributed by atoms with E-state index in [1.165, 1.54) is 31.9 Å². The highest BCUT2D eigenvalue weighted by Gasteiger charge is 2.26. The molecule has 0 saturated heterocycles. The number of methoxy groups -OCH3 is 1. The van der Waals surface area contributed by atoms with Gasteiger partial charge in [0.15, 0.2) is 0 Å². The van der Waals surface area contributed by atoms with Crippen LogP contribution in [0.25, 0.3) is 0 Å². The van der Waals surface area contributed by atoms with Crippen molar-refractivity contribution < 1.29 is 22.3 Å². The molecule has 0 fully saturated rings. The van der Waals surface area contributed by atoms with Gasteiger partial charge in [-0.05, 0) is 49.4 Å². The zero-order chi connectivity index (χ0) is 22.4. The number of carbonyl (C=O) groups excluding carboxylic acids is 1. The molecule has 0 aliphatic heterocycles. The minimum Gasteiger partial charge on any atom is -0.495 e. The van der Waals surface area contributed by atoms with Gasteiger partial charge < -0.3 is 10.1 Å². The molecule has 31 heavy (non-hydrogen) atoms. The number of nitrogens with one attached hydrogen (secondary N) is 2. The number of hydrogen-bond donors (Lipinski definition) is 2. The van der Waals surface area contributed by atoms with Crippen LogP contribution in [0.15, 0.2) is 87.5 Å². The van der Waals surface area contributed by atoms with Crippen molar-refractivity contribution in [3.8, 4) is 5.75 Å². The molecule has 0 spiro atoms. The standard InChI is InChI=1S/C22H21FN2O4S2/c1-15(25-31(27,28)21-14-16(23)12-13-19(21)29-2)22(26)24-18-10-6-7-11-20(18)30-17-8-4-3-5-9-17/h3-15,25H,1-2H3,(H,24,26). The molecule has 1 amide bonds. The molecule has 3 rings (SSSR count). The van der Waals surface area contributed by atoms with E-state index in [1.54, 1.807) is 12.1 Å². The molecule has 2 N–H and O–H groups in total. The van der Waals surface area contributed by atoms with E-state index >= 15 is 0 Å². The number of halogens is 1. The van der Waals surface area contributed by atoms with Crippen molar-refractivity contribution in [3.05, 3.63) is 78.6 Å². The van der Waals surface area contributed by atoms with Crippen molar-refractivity contribution >= 4 is 33.4 Å². The summed E-state index contributed by atoms with van der Waals surface area (Å²) in [6, 6.07) is 18.9. The van der Waals surface area contributed by atoms with Crippen LogP contribution in [0, 0.1) is 5.82 Å². The third kappa shape index (κ3) is 5.84. The number of para-hydroxylation sites is 1. The van der Waals surface area contributed by atoms with E-state index in [1.807, 2.05) is 42.5 Å². The zero-order valence-corrected chi connectivity index (χ0v) is 18.5. The molecule has 0 aromatic heterocycles. The van der Waals surface area contributed by atoms with Gasteiger partial charge in [-0.3, -0.25) is 4.79 Å². The number of rotatable bonds is 8. The van der Waals surface area contributed by atoms with E-state index in [4.69, 9.17) is 4.74 Å². The van der Waals surface area contributed by atoms with Crippen LogP contribution in [-0.4, -0.2) is 27.5 Å². The third-order valence-electron chi connectivity index (χ3n) is 4.26. The lowest BCUT2D eigenvalue weighted by Gasteiger charge is -2.17. The number of ether oxygens (including phenoxy) is 1. The fourth-order valence-electron chi connectivity index (χ4n) is 2.73. The Labute approximate surface area is 184 Å². The summed E-state index contributed by atoms with van der Waals surface area (Å²) in [5, 5.41) is 2.75. The quantitative estimate of drug-likeness (QED) is 0.524. The van der Waals surface area contributed by atoms with Crippen molar-refractivity contribution in [1.82, 2.24) is 4.72 Å². The van der Waals surface area contributed by atoms with Gasteiger partial charge in [0.1, 0.15) is 16.5 Å². The van der Waals surface area contributed by atoms with Crippen LogP contribution in [0.3, 0.4) is 0 Å². The Balaban J connectivity index is 1.75. The maximum atomic E-state index is 13.6. The van der Waals surface area contributed by atoms with E-state index in [0.29, 0.717) is 5.69 Å². The Morgan fingerprint density at radius 2 is 1.71 bits per heavy atom. The predicted octanol–water partition coefficient (Wildman–Crippen LogP) is 4.29. The first-order valence-corrected chi connectivity index (χ1v) is 11.6. The molecule has 162 valence electrons. The Morgan fingerprint density at radius 1 is 1.03 bits per heavy atom. The van der Waals surface area contributed by atoms with Crippen LogP contribution >= 0.6 is 11.8 Å². The number of amides is 1. The number of anilines is 1. The van der Waals surface area contributed by atoms with Crippen molar-refractivity contribution in [1.29, 1.82) is 0 Å². The van der Waals surface area contributed by atoms with Crippen molar-refractivity contribution in [3.63, 3.8) is 0 Å². The lowest BCUT2D eigenvalue weighted by Crippen LogP contribution is -2.41. The van der Waals surface area contributed by atoms with Crippen LogP contribution in [-0.2, 0) is 14.8 Å². The van der Waals surface area contributed by atoms with Crippen LogP contribution < -0.4 is 14.8 Å². The Hall–Kier alpha value is -2.88. The first kappa shape index (κ1) is 22.8. The van der Waals surface area contributed by atoms with E-state index in [0.717, 1.165) is 21.9 Å². The van der Waals surface area contributed by atoms with Gasteiger partial charge in [-0.15, -0.1) is 0 Å². The SMILES string of the molecule is COc1ccc(F)cc1S(=O)(=O)NC(C)C(=O)Nc1ccccc1Sc1ccccc1. The fraction of sp³-hybridized carbons (Fsp3) is 0.136. The molecule has 3 aromatic rings. The molecule has 0 aliphatic carbocycles. The van der Waals surface area contributed by atoms with Gasteiger partial charge in [0.2, 0.25) is 15.9 Å². The Kier molecular flexibility index (Phi) is 7.32. The van der Waals surface area contributed by atoms with E-state index in [-0.39, 0.29) is 10.6 Å². The van der Waals surface area contributed by atoms with Crippen LogP contribution in [0.5, 0.6) is 5.75 Å². The van der Waals surface area contributed by atoms with Crippen LogP contribution in [0.1, 0.15) is 6.92 Å². The highest BCUT2D eigenvalue weighted by molar-refractivity contribution is 7.99. The summed E-state index contributed by atoms with van der Waals surface area (Å²) in [4.78, 5) is 14.1. The first-order valence-electron chi connectivity index (χ1n) is 9.29. The minimum atomic E-state index is -4.20. The Morgan fingerprint density at radius 3 is 2.42 bits per heavy atom. The summed E-state index contributed by atoms with van der Waals surface area (Å²) >= 11 is 1.47. The third-order valence-corrected chi connectivity index (χ3v) is 6.90. The second-order valence-electron chi connectivity index (χ2n) is 6.54. The number of benzene rings is 3. The zero-order valence-electron chi connectivity index (χ0n) is 16.8. The maximum Gasteiger partial charge on any atom is 0.245 e.